The van der Waals surface area contributed by atoms with E-state index in [0.717, 1.165) is 12.8 Å². The van der Waals surface area contributed by atoms with E-state index in [2.05, 4.69) is 12.2 Å². The molecule has 4 heteroatoms. The standard InChI is InChI=1S/C12H24N2O2/c1-4-5-8(13)6-11(16)14-9-7-10(15)12(9,2)3/h8-10,15H,4-7,13H2,1-3H3,(H,14,16). The first kappa shape index (κ1) is 13.5. The van der Waals surface area contributed by atoms with E-state index in [1.807, 2.05) is 13.8 Å². The second-order valence-electron chi connectivity index (χ2n) is 5.45. The molecule has 0 aromatic heterocycles. The van der Waals surface area contributed by atoms with Crippen molar-refractivity contribution in [1.29, 1.82) is 0 Å². The summed E-state index contributed by atoms with van der Waals surface area (Å²) in [6.45, 7) is 6.00. The van der Waals surface area contributed by atoms with Gasteiger partial charge in [0.15, 0.2) is 0 Å². The van der Waals surface area contributed by atoms with E-state index < -0.39 is 0 Å². The molecule has 1 saturated carbocycles. The van der Waals surface area contributed by atoms with Gasteiger partial charge >= 0.3 is 0 Å². The van der Waals surface area contributed by atoms with Crippen molar-refractivity contribution < 1.29 is 9.90 Å². The van der Waals surface area contributed by atoms with Crippen LogP contribution in [0, 0.1) is 5.41 Å². The van der Waals surface area contributed by atoms with Crippen LogP contribution in [-0.4, -0.2) is 29.2 Å². The van der Waals surface area contributed by atoms with Gasteiger partial charge in [0, 0.05) is 23.9 Å². The second-order valence-corrected chi connectivity index (χ2v) is 5.45. The lowest BCUT2D eigenvalue weighted by Crippen LogP contribution is -2.61. The van der Waals surface area contributed by atoms with Crippen LogP contribution in [-0.2, 0) is 4.79 Å². The number of aliphatic hydroxyl groups excluding tert-OH is 1. The van der Waals surface area contributed by atoms with Crippen LogP contribution < -0.4 is 11.1 Å². The van der Waals surface area contributed by atoms with Crippen molar-refractivity contribution in [2.24, 2.45) is 11.1 Å². The Morgan fingerprint density at radius 3 is 2.69 bits per heavy atom. The van der Waals surface area contributed by atoms with Crippen molar-refractivity contribution in [2.75, 3.05) is 0 Å². The third-order valence-electron chi connectivity index (χ3n) is 3.66. The fraction of sp³-hybridized carbons (Fsp3) is 0.917. The van der Waals surface area contributed by atoms with Crippen LogP contribution in [0.15, 0.2) is 0 Å². The first-order valence-corrected chi connectivity index (χ1v) is 6.11. The van der Waals surface area contributed by atoms with Crippen LogP contribution >= 0.6 is 0 Å². The molecule has 1 fully saturated rings. The van der Waals surface area contributed by atoms with Crippen LogP contribution in [0.5, 0.6) is 0 Å². The van der Waals surface area contributed by atoms with Crippen molar-refractivity contribution in [3.8, 4) is 0 Å². The Morgan fingerprint density at radius 2 is 2.25 bits per heavy atom. The molecule has 0 aromatic rings. The molecule has 0 spiro atoms. The molecule has 0 heterocycles. The van der Waals surface area contributed by atoms with E-state index in [1.165, 1.54) is 0 Å². The van der Waals surface area contributed by atoms with Crippen molar-refractivity contribution in [3.63, 3.8) is 0 Å². The summed E-state index contributed by atoms with van der Waals surface area (Å²) in [5.74, 6) is 0.00549. The van der Waals surface area contributed by atoms with Gasteiger partial charge in [-0.3, -0.25) is 4.79 Å². The third-order valence-corrected chi connectivity index (χ3v) is 3.66. The summed E-state index contributed by atoms with van der Waals surface area (Å²) in [6.07, 6.45) is 2.62. The summed E-state index contributed by atoms with van der Waals surface area (Å²) in [6, 6.07) is 0.0435. The first-order chi connectivity index (χ1) is 7.37. The molecule has 1 amide bonds. The molecule has 3 unspecified atom stereocenters. The van der Waals surface area contributed by atoms with Gasteiger partial charge in [0.2, 0.25) is 5.91 Å². The van der Waals surface area contributed by atoms with Crippen molar-refractivity contribution in [3.05, 3.63) is 0 Å². The topological polar surface area (TPSA) is 75.4 Å². The minimum absolute atomic E-state index is 0.00549. The largest absolute Gasteiger partial charge is 0.392 e. The number of hydrogen-bond donors (Lipinski definition) is 3. The quantitative estimate of drug-likeness (QED) is 0.651. The summed E-state index contributed by atoms with van der Waals surface area (Å²) in [5.41, 5.74) is 5.60. The summed E-state index contributed by atoms with van der Waals surface area (Å²) < 4.78 is 0. The number of carbonyl (C=O) groups excluding carboxylic acids is 1. The lowest BCUT2D eigenvalue weighted by Gasteiger charge is -2.49. The average molecular weight is 228 g/mol. The summed E-state index contributed by atoms with van der Waals surface area (Å²) in [4.78, 5) is 11.7. The van der Waals surface area contributed by atoms with Gasteiger partial charge in [-0.05, 0) is 12.8 Å². The van der Waals surface area contributed by atoms with Gasteiger partial charge in [-0.1, -0.05) is 27.2 Å². The highest BCUT2D eigenvalue weighted by molar-refractivity contribution is 5.77. The van der Waals surface area contributed by atoms with Gasteiger partial charge in [0.25, 0.3) is 0 Å². The van der Waals surface area contributed by atoms with E-state index in [0.29, 0.717) is 12.8 Å². The van der Waals surface area contributed by atoms with E-state index in [4.69, 9.17) is 5.73 Å². The number of amides is 1. The molecular weight excluding hydrogens is 204 g/mol. The molecule has 1 aliphatic carbocycles. The average Bonchev–Trinajstić information content (AvgIpc) is 2.17. The normalized spacial score (nSPS) is 29.3. The summed E-state index contributed by atoms with van der Waals surface area (Å²) in [5, 5.41) is 12.5. The van der Waals surface area contributed by atoms with Crippen LogP contribution in [0.1, 0.15) is 46.5 Å². The Labute approximate surface area is 97.6 Å². The van der Waals surface area contributed by atoms with Gasteiger partial charge in [-0.15, -0.1) is 0 Å². The second kappa shape index (κ2) is 5.15. The zero-order valence-corrected chi connectivity index (χ0v) is 10.5. The van der Waals surface area contributed by atoms with E-state index in [1.54, 1.807) is 0 Å². The zero-order valence-electron chi connectivity index (χ0n) is 10.5. The van der Waals surface area contributed by atoms with E-state index >= 15 is 0 Å². The van der Waals surface area contributed by atoms with Crippen molar-refractivity contribution in [1.82, 2.24) is 5.32 Å². The number of carbonyl (C=O) groups is 1. The van der Waals surface area contributed by atoms with Crippen LogP contribution in [0.3, 0.4) is 0 Å². The maximum Gasteiger partial charge on any atom is 0.221 e. The molecule has 1 rings (SSSR count). The molecule has 94 valence electrons. The number of nitrogens with two attached hydrogens (primary N) is 1. The highest BCUT2D eigenvalue weighted by Gasteiger charge is 2.47. The smallest absolute Gasteiger partial charge is 0.221 e. The summed E-state index contributed by atoms with van der Waals surface area (Å²) in [7, 11) is 0. The SMILES string of the molecule is CCCC(N)CC(=O)NC1CC(O)C1(C)C. The monoisotopic (exact) mass is 228 g/mol. The summed E-state index contributed by atoms with van der Waals surface area (Å²) >= 11 is 0. The Bertz CT molecular complexity index is 253. The predicted molar refractivity (Wildman–Crippen MR) is 63.8 cm³/mol. The van der Waals surface area contributed by atoms with Gasteiger partial charge in [0.05, 0.1) is 6.10 Å². The molecule has 3 atom stereocenters. The fourth-order valence-electron chi connectivity index (χ4n) is 2.11. The molecule has 0 aliphatic heterocycles. The minimum atomic E-state index is -0.304. The van der Waals surface area contributed by atoms with Gasteiger partial charge in [-0.2, -0.15) is 0 Å². The molecule has 1 aliphatic rings. The molecule has 16 heavy (non-hydrogen) atoms. The van der Waals surface area contributed by atoms with Crippen LogP contribution in [0.4, 0.5) is 0 Å². The maximum atomic E-state index is 11.7. The Morgan fingerprint density at radius 1 is 1.62 bits per heavy atom. The molecule has 4 nitrogen and oxygen atoms in total. The highest BCUT2D eigenvalue weighted by atomic mass is 16.3. The predicted octanol–water partition coefficient (Wildman–Crippen LogP) is 0.780. The number of nitrogens with one attached hydrogen (secondary N) is 1. The highest BCUT2D eigenvalue weighted by Crippen LogP contribution is 2.40. The molecule has 0 bridgehead atoms. The van der Waals surface area contributed by atoms with Crippen LogP contribution in [0.25, 0.3) is 0 Å². The first-order valence-electron chi connectivity index (χ1n) is 6.11. The lowest BCUT2D eigenvalue weighted by molar-refractivity contribution is -0.129. The molecular formula is C12H24N2O2. The van der Waals surface area contributed by atoms with Crippen LogP contribution in [0.2, 0.25) is 0 Å². The number of aliphatic hydroxyl groups is 1. The molecule has 0 saturated heterocycles. The van der Waals surface area contributed by atoms with Crippen molar-refractivity contribution >= 4 is 5.91 Å². The van der Waals surface area contributed by atoms with Crippen molar-refractivity contribution in [2.45, 2.75) is 64.6 Å². The number of rotatable bonds is 5. The van der Waals surface area contributed by atoms with E-state index in [-0.39, 0.29) is 29.5 Å². The Balaban J connectivity index is 2.31. The molecule has 0 aromatic carbocycles. The zero-order chi connectivity index (χ0) is 12.3. The Kier molecular flexibility index (Phi) is 4.33. The van der Waals surface area contributed by atoms with Gasteiger partial charge < -0.3 is 16.2 Å². The minimum Gasteiger partial charge on any atom is -0.392 e. The fourth-order valence-corrected chi connectivity index (χ4v) is 2.11. The van der Waals surface area contributed by atoms with E-state index in [9.17, 15) is 9.90 Å². The Hall–Kier alpha value is -0.610. The van der Waals surface area contributed by atoms with Gasteiger partial charge in [-0.25, -0.2) is 0 Å². The van der Waals surface area contributed by atoms with Gasteiger partial charge in [0.1, 0.15) is 0 Å². The lowest BCUT2D eigenvalue weighted by atomic mass is 9.64. The maximum absolute atomic E-state index is 11.7. The third kappa shape index (κ3) is 2.95. The molecule has 0 radical (unpaired) electrons. The molecule has 4 N–H and O–H groups in total. The number of hydrogen-bond acceptors (Lipinski definition) is 3.